The van der Waals surface area contributed by atoms with Gasteiger partial charge in [-0.2, -0.15) is 17.5 Å². The number of ether oxygens (including phenoxy) is 1. The molecule has 152 valence electrons. The fourth-order valence-electron chi connectivity index (χ4n) is 3.18. The van der Waals surface area contributed by atoms with E-state index in [0.29, 0.717) is 26.3 Å². The van der Waals surface area contributed by atoms with Crippen LogP contribution >= 0.6 is 0 Å². The molecule has 0 spiro atoms. The maximum Gasteiger partial charge on any atom is 0.417 e. The summed E-state index contributed by atoms with van der Waals surface area (Å²) in [5.74, 6) is 0. The molecule has 0 unspecified atom stereocenters. The van der Waals surface area contributed by atoms with Crippen LogP contribution in [-0.4, -0.2) is 46.1 Å². The van der Waals surface area contributed by atoms with Crippen molar-refractivity contribution in [1.29, 1.82) is 0 Å². The number of sulfonamides is 1. The average Bonchev–Trinajstić information content (AvgIpc) is 2.68. The zero-order chi connectivity index (χ0) is 20.4. The van der Waals surface area contributed by atoms with Crippen LogP contribution in [-0.2, 0) is 27.5 Å². The van der Waals surface area contributed by atoms with Gasteiger partial charge in [0.15, 0.2) is 0 Å². The highest BCUT2D eigenvalue weighted by atomic mass is 32.2. The van der Waals surface area contributed by atoms with Gasteiger partial charge in [0.25, 0.3) is 0 Å². The molecule has 1 aliphatic rings. The second kappa shape index (κ2) is 8.10. The summed E-state index contributed by atoms with van der Waals surface area (Å²) in [6, 6.07) is 11.5. The molecule has 1 heterocycles. The van der Waals surface area contributed by atoms with Gasteiger partial charge in [0.05, 0.1) is 23.7 Å². The van der Waals surface area contributed by atoms with E-state index in [0.717, 1.165) is 27.7 Å². The predicted octanol–water partition coefficient (Wildman–Crippen LogP) is 3.36. The lowest BCUT2D eigenvalue weighted by Gasteiger charge is -2.31. The third-order valence-corrected chi connectivity index (χ3v) is 6.48. The largest absolute Gasteiger partial charge is 0.417 e. The fourth-order valence-corrected chi connectivity index (χ4v) is 4.53. The van der Waals surface area contributed by atoms with E-state index in [1.165, 1.54) is 19.2 Å². The summed E-state index contributed by atoms with van der Waals surface area (Å²) in [4.78, 5) is 1.34. The molecule has 1 saturated heterocycles. The topological polar surface area (TPSA) is 49.9 Å². The van der Waals surface area contributed by atoms with Crippen LogP contribution in [0.1, 0.15) is 11.1 Å². The van der Waals surface area contributed by atoms with E-state index in [2.05, 4.69) is 4.90 Å². The molecule has 2 aromatic carbocycles. The summed E-state index contributed by atoms with van der Waals surface area (Å²) in [5, 5.41) is 0. The second-order valence-electron chi connectivity index (χ2n) is 6.48. The number of hydrogen-bond donors (Lipinski definition) is 0. The number of para-hydroxylation sites is 1. The minimum atomic E-state index is -4.75. The molecular weight excluding hydrogens is 393 g/mol. The van der Waals surface area contributed by atoms with Crippen molar-refractivity contribution in [2.45, 2.75) is 17.6 Å². The molecule has 0 aromatic heterocycles. The van der Waals surface area contributed by atoms with E-state index in [1.807, 2.05) is 12.1 Å². The number of alkyl halides is 3. The Morgan fingerprint density at radius 1 is 1.04 bits per heavy atom. The van der Waals surface area contributed by atoms with Crippen molar-refractivity contribution in [3.8, 4) is 0 Å². The summed E-state index contributed by atoms with van der Waals surface area (Å²) in [6.45, 7) is 2.44. The van der Waals surface area contributed by atoms with Crippen LogP contribution in [0.3, 0.4) is 0 Å². The summed E-state index contributed by atoms with van der Waals surface area (Å²) in [7, 11) is -3.04. The van der Waals surface area contributed by atoms with E-state index in [-0.39, 0.29) is 6.54 Å². The first kappa shape index (κ1) is 20.6. The monoisotopic (exact) mass is 414 g/mol. The number of rotatable bonds is 5. The Hall–Kier alpha value is -2.10. The molecule has 0 atom stereocenters. The van der Waals surface area contributed by atoms with E-state index in [1.54, 1.807) is 12.1 Å². The SMILES string of the molecule is CN(Cc1ccccc1N1CCOCC1)S(=O)(=O)c1ccccc1C(F)(F)F. The van der Waals surface area contributed by atoms with Crippen molar-refractivity contribution in [1.82, 2.24) is 4.31 Å². The number of anilines is 1. The Morgan fingerprint density at radius 2 is 1.64 bits per heavy atom. The van der Waals surface area contributed by atoms with Gasteiger partial charge < -0.3 is 9.64 Å². The van der Waals surface area contributed by atoms with Crippen molar-refractivity contribution < 1.29 is 26.3 Å². The Balaban J connectivity index is 1.91. The van der Waals surface area contributed by atoms with E-state index >= 15 is 0 Å². The molecule has 3 rings (SSSR count). The van der Waals surface area contributed by atoms with Crippen LogP contribution in [0.5, 0.6) is 0 Å². The first-order valence-electron chi connectivity index (χ1n) is 8.74. The van der Waals surface area contributed by atoms with Gasteiger partial charge in [0.2, 0.25) is 10.0 Å². The Labute approximate surface area is 162 Å². The smallest absolute Gasteiger partial charge is 0.378 e. The molecule has 9 heteroatoms. The van der Waals surface area contributed by atoms with Crippen molar-refractivity contribution >= 4 is 15.7 Å². The van der Waals surface area contributed by atoms with Gasteiger partial charge >= 0.3 is 6.18 Å². The van der Waals surface area contributed by atoms with Crippen LogP contribution in [0.4, 0.5) is 18.9 Å². The molecule has 2 aromatic rings. The lowest BCUT2D eigenvalue weighted by Crippen LogP contribution is -2.37. The number of nitrogens with zero attached hydrogens (tertiary/aromatic N) is 2. The molecule has 0 amide bonds. The lowest BCUT2D eigenvalue weighted by molar-refractivity contribution is -0.139. The molecule has 1 aliphatic heterocycles. The zero-order valence-corrected chi connectivity index (χ0v) is 16.1. The number of halogens is 3. The molecule has 28 heavy (non-hydrogen) atoms. The van der Waals surface area contributed by atoms with Crippen molar-refractivity contribution in [3.63, 3.8) is 0 Å². The molecule has 0 radical (unpaired) electrons. The van der Waals surface area contributed by atoms with Crippen LogP contribution < -0.4 is 4.90 Å². The van der Waals surface area contributed by atoms with Crippen LogP contribution in [0.15, 0.2) is 53.4 Å². The summed E-state index contributed by atoms with van der Waals surface area (Å²) in [6.07, 6.45) is -4.75. The number of hydrogen-bond acceptors (Lipinski definition) is 4. The minimum Gasteiger partial charge on any atom is -0.378 e. The maximum atomic E-state index is 13.3. The second-order valence-corrected chi connectivity index (χ2v) is 8.50. The quantitative estimate of drug-likeness (QED) is 0.753. The maximum absolute atomic E-state index is 13.3. The van der Waals surface area contributed by atoms with Gasteiger partial charge in [-0.1, -0.05) is 30.3 Å². The highest BCUT2D eigenvalue weighted by Crippen LogP contribution is 2.35. The number of morpholine rings is 1. The normalized spacial score (nSPS) is 15.8. The third kappa shape index (κ3) is 4.31. The Morgan fingerprint density at radius 3 is 2.32 bits per heavy atom. The van der Waals surface area contributed by atoms with Gasteiger partial charge in [-0.25, -0.2) is 8.42 Å². The van der Waals surface area contributed by atoms with Crippen LogP contribution in [0, 0.1) is 0 Å². The summed E-state index contributed by atoms with van der Waals surface area (Å²) in [5.41, 5.74) is 0.417. The Bertz CT molecular complexity index is 926. The van der Waals surface area contributed by atoms with Crippen LogP contribution in [0.25, 0.3) is 0 Å². The van der Waals surface area contributed by atoms with Crippen molar-refractivity contribution in [2.24, 2.45) is 0 Å². The van der Waals surface area contributed by atoms with Gasteiger partial charge in [0.1, 0.15) is 0 Å². The molecule has 0 saturated carbocycles. The Kier molecular flexibility index (Phi) is 5.97. The first-order valence-corrected chi connectivity index (χ1v) is 10.2. The molecular formula is C19H21F3N2O3S. The highest BCUT2D eigenvalue weighted by Gasteiger charge is 2.38. The standard InChI is InChI=1S/C19H21F3N2O3S/c1-23(28(25,26)18-9-5-3-7-16(18)19(20,21)22)14-15-6-2-4-8-17(15)24-10-12-27-13-11-24/h2-9H,10-14H2,1H3. The third-order valence-electron chi connectivity index (χ3n) is 4.62. The first-order chi connectivity index (χ1) is 13.2. The van der Waals surface area contributed by atoms with Gasteiger partial charge in [0, 0.05) is 32.4 Å². The van der Waals surface area contributed by atoms with Crippen LogP contribution in [0.2, 0.25) is 0 Å². The molecule has 0 N–H and O–H groups in total. The van der Waals surface area contributed by atoms with E-state index < -0.39 is 26.7 Å². The molecule has 0 bridgehead atoms. The van der Waals surface area contributed by atoms with Crippen molar-refractivity contribution in [2.75, 3.05) is 38.3 Å². The molecule has 5 nitrogen and oxygen atoms in total. The lowest BCUT2D eigenvalue weighted by atomic mass is 10.1. The fraction of sp³-hybridized carbons (Fsp3) is 0.368. The summed E-state index contributed by atoms with van der Waals surface area (Å²) < 4.78 is 71.9. The number of benzene rings is 2. The summed E-state index contributed by atoms with van der Waals surface area (Å²) >= 11 is 0. The van der Waals surface area contributed by atoms with Gasteiger partial charge in [-0.05, 0) is 23.8 Å². The van der Waals surface area contributed by atoms with E-state index in [9.17, 15) is 21.6 Å². The van der Waals surface area contributed by atoms with Crippen molar-refractivity contribution in [3.05, 3.63) is 59.7 Å². The average molecular weight is 414 g/mol. The van der Waals surface area contributed by atoms with Gasteiger partial charge in [-0.3, -0.25) is 0 Å². The highest BCUT2D eigenvalue weighted by molar-refractivity contribution is 7.89. The van der Waals surface area contributed by atoms with Gasteiger partial charge in [-0.15, -0.1) is 0 Å². The zero-order valence-electron chi connectivity index (χ0n) is 15.3. The predicted molar refractivity (Wildman–Crippen MR) is 99.6 cm³/mol. The minimum absolute atomic E-state index is 0.0396. The molecule has 0 aliphatic carbocycles. The van der Waals surface area contributed by atoms with E-state index in [4.69, 9.17) is 4.74 Å². The molecule has 1 fully saturated rings.